The first-order valence-corrected chi connectivity index (χ1v) is 10.4. The van der Waals surface area contributed by atoms with E-state index in [0.29, 0.717) is 26.2 Å². The van der Waals surface area contributed by atoms with E-state index in [2.05, 4.69) is 5.32 Å². The molecule has 3 aromatic rings. The number of nitrogens with zero attached hydrogens (tertiary/aromatic N) is 1. The summed E-state index contributed by atoms with van der Waals surface area (Å²) in [4.78, 5) is 27.4. The van der Waals surface area contributed by atoms with E-state index in [1.807, 2.05) is 0 Å². The minimum Gasteiger partial charge on any atom is -0.508 e. The van der Waals surface area contributed by atoms with E-state index in [9.17, 15) is 19.1 Å². The highest BCUT2D eigenvalue weighted by molar-refractivity contribution is 8.27. The molecule has 2 amide bonds. The Kier molecular flexibility index (Phi) is 5.83. The van der Waals surface area contributed by atoms with Crippen molar-refractivity contribution in [3.63, 3.8) is 0 Å². The van der Waals surface area contributed by atoms with Crippen LogP contribution in [-0.4, -0.2) is 21.2 Å². The summed E-state index contributed by atoms with van der Waals surface area (Å²) in [6.07, 6.45) is 1.70. The van der Waals surface area contributed by atoms with Gasteiger partial charge in [-0.15, -0.1) is 0 Å². The molecule has 1 saturated heterocycles. The molecule has 0 saturated carbocycles. The molecule has 8 heteroatoms. The molecule has 154 valence electrons. The topological polar surface area (TPSA) is 69.6 Å². The van der Waals surface area contributed by atoms with Crippen molar-refractivity contribution < 1.29 is 19.1 Å². The predicted molar refractivity (Wildman–Crippen MR) is 125 cm³/mol. The molecule has 5 nitrogen and oxygen atoms in total. The Balaban J connectivity index is 1.56. The molecule has 0 bridgehead atoms. The van der Waals surface area contributed by atoms with Crippen LogP contribution in [0.15, 0.2) is 77.7 Å². The fourth-order valence-electron chi connectivity index (χ4n) is 2.93. The molecule has 2 N–H and O–H groups in total. The highest BCUT2D eigenvalue weighted by Gasteiger charge is 2.33. The molecule has 31 heavy (non-hydrogen) atoms. The van der Waals surface area contributed by atoms with Crippen molar-refractivity contribution in [2.75, 3.05) is 10.2 Å². The lowest BCUT2D eigenvalue weighted by atomic mass is 10.1. The van der Waals surface area contributed by atoms with Gasteiger partial charge >= 0.3 is 0 Å². The van der Waals surface area contributed by atoms with E-state index < -0.39 is 11.7 Å². The van der Waals surface area contributed by atoms with Crippen molar-refractivity contribution in [2.45, 2.75) is 0 Å². The van der Waals surface area contributed by atoms with Gasteiger partial charge in [-0.25, -0.2) is 4.39 Å². The molecule has 1 fully saturated rings. The summed E-state index contributed by atoms with van der Waals surface area (Å²) in [5.41, 5.74) is 2.02. The van der Waals surface area contributed by atoms with E-state index in [1.165, 1.54) is 41.3 Å². The van der Waals surface area contributed by atoms with Crippen LogP contribution in [0.5, 0.6) is 5.75 Å². The van der Waals surface area contributed by atoms with Crippen LogP contribution in [0.4, 0.5) is 15.8 Å². The normalized spacial score (nSPS) is 14.9. The van der Waals surface area contributed by atoms with Gasteiger partial charge in [0.1, 0.15) is 11.6 Å². The van der Waals surface area contributed by atoms with Gasteiger partial charge in [0.15, 0.2) is 4.32 Å². The maximum Gasteiger partial charge on any atom is 0.270 e. The van der Waals surface area contributed by atoms with Crippen LogP contribution >= 0.6 is 24.0 Å². The van der Waals surface area contributed by atoms with Crippen molar-refractivity contribution in [1.29, 1.82) is 0 Å². The van der Waals surface area contributed by atoms with Crippen LogP contribution < -0.4 is 10.2 Å². The maximum atomic E-state index is 13.1. The number of phenols is 1. The summed E-state index contributed by atoms with van der Waals surface area (Å²) in [6.45, 7) is 0. The van der Waals surface area contributed by atoms with Crippen molar-refractivity contribution in [3.8, 4) is 5.75 Å². The molecular weight excluding hydrogens is 435 g/mol. The zero-order valence-electron chi connectivity index (χ0n) is 15.9. The van der Waals surface area contributed by atoms with Crippen LogP contribution in [0, 0.1) is 5.82 Å². The minimum absolute atomic E-state index is 0.139. The number of halogens is 1. The maximum absolute atomic E-state index is 13.1. The fraction of sp³-hybridized carbons (Fsp3) is 0. The number of amides is 2. The number of aromatic hydroxyl groups is 1. The average molecular weight is 451 g/mol. The van der Waals surface area contributed by atoms with Gasteiger partial charge in [-0.3, -0.25) is 14.5 Å². The molecule has 0 spiro atoms. The number of thiocarbonyl (C=S) groups is 1. The summed E-state index contributed by atoms with van der Waals surface area (Å²) in [5.74, 6) is -0.937. The lowest BCUT2D eigenvalue weighted by molar-refractivity contribution is -0.113. The van der Waals surface area contributed by atoms with Crippen molar-refractivity contribution in [1.82, 2.24) is 0 Å². The van der Waals surface area contributed by atoms with Gasteiger partial charge in [-0.1, -0.05) is 42.2 Å². The van der Waals surface area contributed by atoms with E-state index in [-0.39, 0.29) is 11.7 Å². The van der Waals surface area contributed by atoms with Gasteiger partial charge in [0.25, 0.3) is 11.8 Å². The molecule has 3 aromatic carbocycles. The van der Waals surface area contributed by atoms with Crippen LogP contribution in [-0.2, 0) is 4.79 Å². The quantitative estimate of drug-likeness (QED) is 0.423. The molecular formula is C23H15FN2O3S2. The number of hydrogen-bond acceptors (Lipinski definition) is 5. The summed E-state index contributed by atoms with van der Waals surface area (Å²) in [5, 5.41) is 12.1. The third-order valence-electron chi connectivity index (χ3n) is 4.45. The van der Waals surface area contributed by atoms with Crippen LogP contribution in [0.25, 0.3) is 6.08 Å². The number of anilines is 2. The highest BCUT2D eigenvalue weighted by Crippen LogP contribution is 2.36. The second-order valence-corrected chi connectivity index (χ2v) is 8.30. The Morgan fingerprint density at radius 2 is 1.77 bits per heavy atom. The number of thioether (sulfide) groups is 1. The van der Waals surface area contributed by atoms with E-state index in [1.54, 1.807) is 42.5 Å². The Labute approximate surface area is 187 Å². The zero-order valence-corrected chi connectivity index (χ0v) is 17.5. The summed E-state index contributed by atoms with van der Waals surface area (Å²) in [7, 11) is 0. The SMILES string of the molecule is O=C(Nc1ccc(F)cc1)c1cccc(N2C(=O)/C(=C\c3ccc(O)cc3)SC2=S)c1. The van der Waals surface area contributed by atoms with Crippen molar-refractivity contribution in [3.05, 3.63) is 94.6 Å². The Morgan fingerprint density at radius 1 is 1.06 bits per heavy atom. The molecule has 0 unspecified atom stereocenters. The minimum atomic E-state index is -0.394. The average Bonchev–Trinajstić information content (AvgIpc) is 3.04. The van der Waals surface area contributed by atoms with Gasteiger partial charge in [-0.05, 0) is 66.2 Å². The number of nitrogens with one attached hydrogen (secondary N) is 1. The first-order chi connectivity index (χ1) is 14.9. The number of benzene rings is 3. The largest absolute Gasteiger partial charge is 0.508 e. The van der Waals surface area contributed by atoms with Crippen LogP contribution in [0.1, 0.15) is 15.9 Å². The monoisotopic (exact) mass is 450 g/mol. The number of carbonyl (C=O) groups excluding carboxylic acids is 2. The molecule has 1 aliphatic heterocycles. The predicted octanol–water partition coefficient (Wildman–Crippen LogP) is 5.19. The Morgan fingerprint density at radius 3 is 2.48 bits per heavy atom. The van der Waals surface area contributed by atoms with Gasteiger partial charge in [0.2, 0.25) is 0 Å². The highest BCUT2D eigenvalue weighted by atomic mass is 32.2. The molecule has 1 aliphatic rings. The lowest BCUT2D eigenvalue weighted by Gasteiger charge is -2.15. The van der Waals surface area contributed by atoms with E-state index in [0.717, 1.165) is 17.3 Å². The second-order valence-electron chi connectivity index (χ2n) is 6.62. The summed E-state index contributed by atoms with van der Waals surface area (Å²) in [6, 6.07) is 18.5. The third kappa shape index (κ3) is 4.65. The van der Waals surface area contributed by atoms with E-state index >= 15 is 0 Å². The van der Waals surface area contributed by atoms with Gasteiger partial charge in [0.05, 0.1) is 10.6 Å². The lowest BCUT2D eigenvalue weighted by Crippen LogP contribution is -2.27. The molecule has 0 aromatic heterocycles. The molecule has 0 atom stereocenters. The number of carbonyl (C=O) groups is 2. The molecule has 1 heterocycles. The Bertz CT molecular complexity index is 1210. The Hall–Kier alpha value is -3.49. The summed E-state index contributed by atoms with van der Waals surface area (Å²) < 4.78 is 13.4. The smallest absolute Gasteiger partial charge is 0.270 e. The molecule has 4 rings (SSSR count). The first-order valence-electron chi connectivity index (χ1n) is 9.15. The number of rotatable bonds is 4. The van der Waals surface area contributed by atoms with Crippen molar-refractivity contribution in [2.24, 2.45) is 0 Å². The number of phenolic OH excluding ortho intramolecular Hbond substituents is 1. The van der Waals surface area contributed by atoms with Gasteiger partial charge in [0, 0.05) is 11.3 Å². The number of hydrogen-bond donors (Lipinski definition) is 2. The van der Waals surface area contributed by atoms with Gasteiger partial charge in [-0.2, -0.15) is 0 Å². The fourth-order valence-corrected chi connectivity index (χ4v) is 4.23. The summed E-state index contributed by atoms with van der Waals surface area (Å²) >= 11 is 6.56. The van der Waals surface area contributed by atoms with E-state index in [4.69, 9.17) is 12.2 Å². The molecule has 0 radical (unpaired) electrons. The van der Waals surface area contributed by atoms with Crippen LogP contribution in [0.2, 0.25) is 0 Å². The standard InChI is InChI=1S/C23H15FN2O3S2/c24-16-6-8-17(9-7-16)25-21(28)15-2-1-3-18(13-15)26-22(29)20(31-23(26)30)12-14-4-10-19(27)11-5-14/h1-13,27H,(H,25,28)/b20-12+. The van der Waals surface area contributed by atoms with Crippen LogP contribution in [0.3, 0.4) is 0 Å². The molecule has 0 aliphatic carbocycles. The third-order valence-corrected chi connectivity index (χ3v) is 5.76. The first kappa shape index (κ1) is 20.8. The van der Waals surface area contributed by atoms with Crippen molar-refractivity contribution >= 4 is 57.6 Å². The second kappa shape index (κ2) is 8.71. The van der Waals surface area contributed by atoms with Gasteiger partial charge < -0.3 is 10.4 Å². The zero-order chi connectivity index (χ0) is 22.0.